The third-order valence-corrected chi connectivity index (χ3v) is 9.22. The molecule has 0 saturated carbocycles. The largest absolute Gasteiger partial charge is 0.394 e. The molecular weight excluding hydrogens is 674 g/mol. The van der Waals surface area contributed by atoms with E-state index in [1.54, 1.807) is 0 Å². The molecule has 17 atom stereocenters. The van der Waals surface area contributed by atoms with Crippen LogP contribution in [0.2, 0.25) is 0 Å². The highest BCUT2D eigenvalue weighted by Crippen LogP contribution is 2.32. The van der Waals surface area contributed by atoms with Crippen LogP contribution in [0.4, 0.5) is 0 Å². The third-order valence-electron chi connectivity index (χ3n) is 9.22. The molecule has 0 aromatic heterocycles. The molecule has 3 aliphatic rings. The maximum absolute atomic E-state index is 11.8. The Morgan fingerprint density at radius 2 is 1.10 bits per heavy atom. The van der Waals surface area contributed by atoms with E-state index in [0.29, 0.717) is 6.42 Å². The van der Waals surface area contributed by atoms with E-state index in [4.69, 9.17) is 28.4 Å². The zero-order valence-corrected chi connectivity index (χ0v) is 28.4. The molecule has 19 nitrogen and oxygen atoms in total. The fourth-order valence-electron chi connectivity index (χ4n) is 6.22. The van der Waals surface area contributed by atoms with Crippen LogP contribution in [0.1, 0.15) is 58.8 Å². The van der Waals surface area contributed by atoms with Gasteiger partial charge in [0, 0.05) is 6.92 Å². The molecular formula is C31H57NO18. The number of hydrogen-bond acceptors (Lipinski definition) is 18. The summed E-state index contributed by atoms with van der Waals surface area (Å²) in [7, 11) is 0. The summed E-state index contributed by atoms with van der Waals surface area (Å²) in [6, 6.07) is -0.876. The van der Waals surface area contributed by atoms with Gasteiger partial charge in [-0.2, -0.15) is 0 Å². The highest BCUT2D eigenvalue weighted by atomic mass is 16.8. The Kier molecular flexibility index (Phi) is 18.0. The molecule has 0 aromatic carbocycles. The lowest BCUT2D eigenvalue weighted by Crippen LogP contribution is -2.66. The molecule has 3 aliphatic heterocycles. The summed E-state index contributed by atoms with van der Waals surface area (Å²) >= 11 is 0. The molecule has 12 N–H and O–H groups in total. The molecule has 0 spiro atoms. The molecule has 3 heterocycles. The number of nitrogens with one attached hydrogen (secondary N) is 1. The van der Waals surface area contributed by atoms with Gasteiger partial charge in [-0.15, -0.1) is 0 Å². The van der Waals surface area contributed by atoms with Gasteiger partial charge >= 0.3 is 0 Å². The summed E-state index contributed by atoms with van der Waals surface area (Å²) in [5.41, 5.74) is 0. The SMILES string of the molecule is CCCCCCCCC(O)C(COC1OC(CO)C(OC2OC(CO)C(OC3OC(CO)C(O)C(O)C3O)C(O)C2O)C(O)C1O)NC(C)=O. The first-order valence-corrected chi connectivity index (χ1v) is 17.2. The van der Waals surface area contributed by atoms with Gasteiger partial charge in [0.25, 0.3) is 0 Å². The number of rotatable bonds is 19. The van der Waals surface area contributed by atoms with Crippen molar-refractivity contribution in [1.82, 2.24) is 5.32 Å². The highest BCUT2D eigenvalue weighted by Gasteiger charge is 2.53. The summed E-state index contributed by atoms with van der Waals surface area (Å²) in [4.78, 5) is 11.8. The minimum Gasteiger partial charge on any atom is -0.394 e. The van der Waals surface area contributed by atoms with Crippen LogP contribution in [-0.4, -0.2) is 193 Å². The van der Waals surface area contributed by atoms with Crippen molar-refractivity contribution in [2.45, 2.75) is 163 Å². The standard InChI is InChI=1S/C31H57NO18/c1-3-4-5-6-7-8-9-16(37)15(32-14(2)36)13-45-29-25(43)22(40)27(18(11-34)47-29)50-31-26(44)23(41)28(19(12-35)48-31)49-30-24(42)21(39)20(38)17(10-33)46-30/h15-31,33-35,37-44H,3-13H2,1-2H3,(H,32,36). The Hall–Kier alpha value is -1.21. The van der Waals surface area contributed by atoms with Crippen LogP contribution in [0.5, 0.6) is 0 Å². The van der Waals surface area contributed by atoms with Crippen LogP contribution < -0.4 is 5.32 Å². The molecule has 3 saturated heterocycles. The molecule has 1 amide bonds. The topological polar surface area (TPSA) is 307 Å². The normalized spacial score (nSPS) is 40.7. The van der Waals surface area contributed by atoms with Gasteiger partial charge in [0.15, 0.2) is 18.9 Å². The van der Waals surface area contributed by atoms with Crippen molar-refractivity contribution in [2.75, 3.05) is 26.4 Å². The van der Waals surface area contributed by atoms with E-state index in [9.17, 15) is 61.0 Å². The minimum atomic E-state index is -1.96. The van der Waals surface area contributed by atoms with Gasteiger partial charge in [0.05, 0.1) is 38.6 Å². The molecule has 294 valence electrons. The molecule has 50 heavy (non-hydrogen) atoms. The first-order valence-electron chi connectivity index (χ1n) is 17.2. The van der Waals surface area contributed by atoms with Crippen LogP contribution >= 0.6 is 0 Å². The smallest absolute Gasteiger partial charge is 0.217 e. The molecule has 3 rings (SSSR count). The predicted octanol–water partition coefficient (Wildman–Crippen LogP) is -4.93. The zero-order chi connectivity index (χ0) is 37.1. The van der Waals surface area contributed by atoms with E-state index in [0.717, 1.165) is 38.5 Å². The van der Waals surface area contributed by atoms with Crippen molar-refractivity contribution in [2.24, 2.45) is 0 Å². The molecule has 0 aromatic rings. The fraction of sp³-hybridized carbons (Fsp3) is 0.968. The van der Waals surface area contributed by atoms with Gasteiger partial charge in [-0.3, -0.25) is 4.79 Å². The lowest BCUT2D eigenvalue weighted by atomic mass is 9.96. The van der Waals surface area contributed by atoms with Crippen molar-refractivity contribution in [3.63, 3.8) is 0 Å². The van der Waals surface area contributed by atoms with E-state index in [1.807, 2.05) is 0 Å². The van der Waals surface area contributed by atoms with Crippen molar-refractivity contribution in [3.8, 4) is 0 Å². The second-order valence-corrected chi connectivity index (χ2v) is 13.1. The number of ether oxygens (including phenoxy) is 6. The maximum atomic E-state index is 11.8. The number of hydrogen-bond donors (Lipinski definition) is 12. The number of aliphatic hydroxyl groups excluding tert-OH is 11. The Labute approximate surface area is 290 Å². The van der Waals surface area contributed by atoms with Crippen molar-refractivity contribution < 1.29 is 89.4 Å². The van der Waals surface area contributed by atoms with Gasteiger partial charge in [0.1, 0.15) is 73.2 Å². The number of carbonyl (C=O) groups is 1. The monoisotopic (exact) mass is 731 g/mol. The average Bonchev–Trinajstić information content (AvgIpc) is 3.09. The summed E-state index contributed by atoms with van der Waals surface area (Å²) in [6.07, 6.45) is -20.0. The fourth-order valence-corrected chi connectivity index (χ4v) is 6.22. The van der Waals surface area contributed by atoms with Crippen LogP contribution in [0.15, 0.2) is 0 Å². The first kappa shape index (κ1) is 43.2. The third kappa shape index (κ3) is 11.2. The summed E-state index contributed by atoms with van der Waals surface area (Å²) < 4.78 is 33.4. The predicted molar refractivity (Wildman–Crippen MR) is 167 cm³/mol. The number of unbranched alkanes of at least 4 members (excludes halogenated alkanes) is 5. The first-order chi connectivity index (χ1) is 23.8. The minimum absolute atomic E-state index is 0.320. The second kappa shape index (κ2) is 20.9. The maximum Gasteiger partial charge on any atom is 0.217 e. The van der Waals surface area contributed by atoms with E-state index in [1.165, 1.54) is 6.92 Å². The van der Waals surface area contributed by atoms with Crippen LogP contribution in [-0.2, 0) is 33.2 Å². The van der Waals surface area contributed by atoms with E-state index < -0.39 is 130 Å². The summed E-state index contributed by atoms with van der Waals surface area (Å²) in [5, 5.41) is 117. The van der Waals surface area contributed by atoms with Crippen molar-refractivity contribution in [1.29, 1.82) is 0 Å². The molecule has 0 aliphatic carbocycles. The lowest BCUT2D eigenvalue weighted by molar-refractivity contribution is -0.379. The quantitative estimate of drug-likeness (QED) is 0.0554. The number of carbonyl (C=O) groups excluding carboxylic acids is 1. The van der Waals surface area contributed by atoms with Gasteiger partial charge in [-0.25, -0.2) is 0 Å². The van der Waals surface area contributed by atoms with E-state index in [2.05, 4.69) is 12.2 Å². The second-order valence-electron chi connectivity index (χ2n) is 13.1. The Balaban J connectivity index is 1.61. The molecule has 17 unspecified atom stereocenters. The highest BCUT2D eigenvalue weighted by molar-refractivity contribution is 5.73. The van der Waals surface area contributed by atoms with Gasteiger partial charge in [-0.05, 0) is 6.42 Å². The Morgan fingerprint density at radius 3 is 1.62 bits per heavy atom. The summed E-state index contributed by atoms with van der Waals surface area (Å²) in [5.74, 6) is -0.428. The van der Waals surface area contributed by atoms with Crippen molar-refractivity contribution >= 4 is 5.91 Å². The number of amides is 1. The molecule has 3 fully saturated rings. The Morgan fingerprint density at radius 1 is 0.640 bits per heavy atom. The van der Waals surface area contributed by atoms with Crippen LogP contribution in [0, 0.1) is 0 Å². The summed E-state index contributed by atoms with van der Waals surface area (Å²) in [6.45, 7) is 0.665. The molecule has 19 heteroatoms. The molecule has 0 bridgehead atoms. The number of aliphatic hydroxyl groups is 11. The Bertz CT molecular complexity index is 978. The van der Waals surface area contributed by atoms with Gasteiger partial charge in [-0.1, -0.05) is 45.4 Å². The van der Waals surface area contributed by atoms with Crippen molar-refractivity contribution in [3.05, 3.63) is 0 Å². The average molecular weight is 732 g/mol. The van der Waals surface area contributed by atoms with E-state index >= 15 is 0 Å². The lowest BCUT2D eigenvalue weighted by Gasteiger charge is -2.48. The van der Waals surface area contributed by atoms with Crippen LogP contribution in [0.3, 0.4) is 0 Å². The van der Waals surface area contributed by atoms with Gasteiger partial charge < -0.3 is 89.9 Å². The zero-order valence-electron chi connectivity index (χ0n) is 28.4. The van der Waals surface area contributed by atoms with Gasteiger partial charge in [0.2, 0.25) is 5.91 Å². The van der Waals surface area contributed by atoms with E-state index in [-0.39, 0.29) is 6.61 Å². The van der Waals surface area contributed by atoms with Crippen LogP contribution in [0.25, 0.3) is 0 Å². The molecule has 0 radical (unpaired) electrons.